The Hall–Kier alpha value is -1.10. The molecule has 1 aromatic rings. The maximum atomic E-state index is 12.2. The molecule has 4 nitrogen and oxygen atoms in total. The maximum absolute atomic E-state index is 12.2. The zero-order valence-electron chi connectivity index (χ0n) is 17.5. The molecule has 1 fully saturated rings. The standard InChI is InChI=1S/C22H37N3O.ClH/c1-22(2,3)20-7-5-18(6-8-20)10-14-24-21(26)17-25-15-11-19(12-16-25)9-13-23-4;/h5-8,19,23H,9-17H2,1-4H3,(H,24,26);1H. The molecule has 0 radical (unpaired) electrons. The van der Waals surface area contributed by atoms with Crippen molar-refractivity contribution in [1.82, 2.24) is 15.5 Å². The van der Waals surface area contributed by atoms with E-state index in [1.807, 2.05) is 7.05 Å². The molecule has 1 saturated heterocycles. The first-order chi connectivity index (χ1) is 12.4. The molecule has 1 aliphatic heterocycles. The summed E-state index contributed by atoms with van der Waals surface area (Å²) < 4.78 is 0. The van der Waals surface area contributed by atoms with Crippen molar-refractivity contribution in [1.29, 1.82) is 0 Å². The number of piperidine rings is 1. The number of nitrogens with one attached hydrogen (secondary N) is 2. The van der Waals surface area contributed by atoms with Gasteiger partial charge in [0, 0.05) is 6.54 Å². The number of rotatable bonds is 8. The quantitative estimate of drug-likeness (QED) is 0.709. The van der Waals surface area contributed by atoms with Crippen LogP contribution in [0.15, 0.2) is 24.3 Å². The second-order valence-corrected chi connectivity index (χ2v) is 8.66. The molecule has 0 saturated carbocycles. The second kappa shape index (κ2) is 11.7. The van der Waals surface area contributed by atoms with E-state index < -0.39 is 0 Å². The van der Waals surface area contributed by atoms with Gasteiger partial charge in [-0.1, -0.05) is 45.0 Å². The molecule has 0 unspecified atom stereocenters. The van der Waals surface area contributed by atoms with Crippen molar-refractivity contribution in [3.63, 3.8) is 0 Å². The van der Waals surface area contributed by atoms with E-state index in [1.165, 1.54) is 30.4 Å². The first-order valence-electron chi connectivity index (χ1n) is 10.1. The van der Waals surface area contributed by atoms with Gasteiger partial charge in [-0.3, -0.25) is 9.69 Å². The van der Waals surface area contributed by atoms with Crippen molar-refractivity contribution in [2.75, 3.05) is 39.8 Å². The van der Waals surface area contributed by atoms with Crippen molar-refractivity contribution >= 4 is 18.3 Å². The molecule has 5 heteroatoms. The third-order valence-electron chi connectivity index (χ3n) is 5.43. The van der Waals surface area contributed by atoms with Gasteiger partial charge in [0.25, 0.3) is 0 Å². The van der Waals surface area contributed by atoms with E-state index >= 15 is 0 Å². The number of carbonyl (C=O) groups is 1. The molecular weight excluding hydrogens is 358 g/mol. The van der Waals surface area contributed by atoms with Crippen molar-refractivity contribution in [3.8, 4) is 0 Å². The van der Waals surface area contributed by atoms with Crippen LogP contribution in [0, 0.1) is 5.92 Å². The summed E-state index contributed by atoms with van der Waals surface area (Å²) in [5, 5.41) is 6.31. The van der Waals surface area contributed by atoms with Crippen LogP contribution in [0.1, 0.15) is 51.2 Å². The number of amides is 1. The largest absolute Gasteiger partial charge is 0.355 e. The topological polar surface area (TPSA) is 44.4 Å². The van der Waals surface area contributed by atoms with Gasteiger partial charge in [0.15, 0.2) is 0 Å². The molecule has 2 N–H and O–H groups in total. The van der Waals surface area contributed by atoms with E-state index in [1.54, 1.807) is 0 Å². The SMILES string of the molecule is CNCCC1CCN(CC(=O)NCCc2ccc(C(C)(C)C)cc2)CC1.Cl. The summed E-state index contributed by atoms with van der Waals surface area (Å²) in [4.78, 5) is 14.5. The summed E-state index contributed by atoms with van der Waals surface area (Å²) >= 11 is 0. The van der Waals surface area contributed by atoms with Crippen LogP contribution < -0.4 is 10.6 Å². The van der Waals surface area contributed by atoms with Gasteiger partial charge in [-0.2, -0.15) is 0 Å². The Balaban J connectivity index is 0.00000364. The van der Waals surface area contributed by atoms with E-state index in [0.29, 0.717) is 13.1 Å². The molecule has 0 spiro atoms. The monoisotopic (exact) mass is 395 g/mol. The molecule has 27 heavy (non-hydrogen) atoms. The molecule has 0 atom stereocenters. The molecule has 154 valence electrons. The number of hydrogen-bond donors (Lipinski definition) is 2. The van der Waals surface area contributed by atoms with Crippen molar-refractivity contribution in [2.45, 2.75) is 51.9 Å². The molecule has 2 rings (SSSR count). The third-order valence-corrected chi connectivity index (χ3v) is 5.43. The predicted molar refractivity (Wildman–Crippen MR) is 117 cm³/mol. The van der Waals surface area contributed by atoms with Gasteiger partial charge in [0.1, 0.15) is 0 Å². The molecule has 0 bridgehead atoms. The van der Waals surface area contributed by atoms with E-state index in [4.69, 9.17) is 0 Å². The average molecular weight is 396 g/mol. The molecule has 0 aliphatic carbocycles. The summed E-state index contributed by atoms with van der Waals surface area (Å²) in [5.41, 5.74) is 2.82. The minimum absolute atomic E-state index is 0. The fourth-order valence-corrected chi connectivity index (χ4v) is 3.56. The summed E-state index contributed by atoms with van der Waals surface area (Å²) in [6, 6.07) is 8.77. The van der Waals surface area contributed by atoms with Crippen LogP contribution in [0.25, 0.3) is 0 Å². The average Bonchev–Trinajstić information content (AvgIpc) is 2.61. The lowest BCUT2D eigenvalue weighted by molar-refractivity contribution is -0.122. The molecule has 1 heterocycles. The Morgan fingerprint density at radius 3 is 2.30 bits per heavy atom. The smallest absolute Gasteiger partial charge is 0.234 e. The summed E-state index contributed by atoms with van der Waals surface area (Å²) in [6.45, 7) is 11.1. The Bertz CT molecular complexity index is 546. The Kier molecular flexibility index (Phi) is 10.4. The molecule has 1 aliphatic rings. The molecule has 1 amide bonds. The number of halogens is 1. The molecule has 0 aromatic heterocycles. The third kappa shape index (κ3) is 8.63. The summed E-state index contributed by atoms with van der Waals surface area (Å²) in [7, 11) is 2.01. The highest BCUT2D eigenvalue weighted by Gasteiger charge is 2.20. The van der Waals surface area contributed by atoms with Gasteiger partial charge >= 0.3 is 0 Å². The van der Waals surface area contributed by atoms with Crippen molar-refractivity contribution < 1.29 is 4.79 Å². The zero-order valence-corrected chi connectivity index (χ0v) is 18.3. The highest BCUT2D eigenvalue weighted by Crippen LogP contribution is 2.22. The van der Waals surface area contributed by atoms with Gasteiger partial charge in [-0.15, -0.1) is 12.4 Å². The highest BCUT2D eigenvalue weighted by atomic mass is 35.5. The fourth-order valence-electron chi connectivity index (χ4n) is 3.56. The van der Waals surface area contributed by atoms with E-state index in [2.05, 4.69) is 60.6 Å². The number of carbonyl (C=O) groups excluding carboxylic acids is 1. The lowest BCUT2D eigenvalue weighted by Crippen LogP contribution is -2.42. The lowest BCUT2D eigenvalue weighted by atomic mass is 9.86. The van der Waals surface area contributed by atoms with Crippen LogP contribution in [-0.4, -0.2) is 50.6 Å². The van der Waals surface area contributed by atoms with Crippen molar-refractivity contribution in [3.05, 3.63) is 35.4 Å². The molecular formula is C22H38ClN3O. The number of likely N-dealkylation sites (tertiary alicyclic amines) is 1. The van der Waals surface area contributed by atoms with Crippen LogP contribution >= 0.6 is 12.4 Å². The Morgan fingerprint density at radius 1 is 1.11 bits per heavy atom. The number of hydrogen-bond acceptors (Lipinski definition) is 3. The van der Waals surface area contributed by atoms with Gasteiger partial charge in [-0.25, -0.2) is 0 Å². The van der Waals surface area contributed by atoms with Crippen LogP contribution in [0.5, 0.6) is 0 Å². The zero-order chi connectivity index (χ0) is 19.0. The normalized spacial score (nSPS) is 16.0. The lowest BCUT2D eigenvalue weighted by Gasteiger charge is -2.31. The van der Waals surface area contributed by atoms with Gasteiger partial charge in [-0.05, 0) is 74.8 Å². The van der Waals surface area contributed by atoms with Gasteiger partial charge in [0.2, 0.25) is 5.91 Å². The Morgan fingerprint density at radius 2 is 1.74 bits per heavy atom. The first-order valence-corrected chi connectivity index (χ1v) is 10.1. The fraction of sp³-hybridized carbons (Fsp3) is 0.682. The van der Waals surface area contributed by atoms with Gasteiger partial charge in [0.05, 0.1) is 6.54 Å². The van der Waals surface area contributed by atoms with E-state index in [-0.39, 0.29) is 23.7 Å². The van der Waals surface area contributed by atoms with Crippen LogP contribution in [0.3, 0.4) is 0 Å². The van der Waals surface area contributed by atoms with Crippen LogP contribution in [-0.2, 0) is 16.6 Å². The Labute approximate surface area is 171 Å². The molecule has 1 aromatic carbocycles. The number of nitrogens with zero attached hydrogens (tertiary/aromatic N) is 1. The first kappa shape index (κ1) is 23.9. The van der Waals surface area contributed by atoms with Crippen molar-refractivity contribution in [2.24, 2.45) is 5.92 Å². The minimum Gasteiger partial charge on any atom is -0.355 e. The van der Waals surface area contributed by atoms with E-state index in [9.17, 15) is 4.79 Å². The second-order valence-electron chi connectivity index (χ2n) is 8.66. The predicted octanol–water partition coefficient (Wildman–Crippen LogP) is 3.39. The van der Waals surface area contributed by atoms with E-state index in [0.717, 1.165) is 32.0 Å². The number of benzene rings is 1. The van der Waals surface area contributed by atoms with Gasteiger partial charge < -0.3 is 10.6 Å². The maximum Gasteiger partial charge on any atom is 0.234 e. The van der Waals surface area contributed by atoms with Crippen LogP contribution in [0.2, 0.25) is 0 Å². The summed E-state index contributed by atoms with van der Waals surface area (Å²) in [6.07, 6.45) is 4.58. The summed E-state index contributed by atoms with van der Waals surface area (Å²) in [5.74, 6) is 0.975. The highest BCUT2D eigenvalue weighted by molar-refractivity contribution is 5.85. The minimum atomic E-state index is 0. The van der Waals surface area contributed by atoms with Crippen LogP contribution in [0.4, 0.5) is 0 Å².